The predicted octanol–water partition coefficient (Wildman–Crippen LogP) is 0.913. The van der Waals surface area contributed by atoms with Gasteiger partial charge in [-0.25, -0.2) is 13.1 Å². The van der Waals surface area contributed by atoms with E-state index in [2.05, 4.69) is 22.1 Å². The van der Waals surface area contributed by atoms with E-state index >= 15 is 0 Å². The predicted molar refractivity (Wildman–Crippen MR) is 83.6 cm³/mol. The van der Waals surface area contributed by atoms with Crippen LogP contribution in [-0.4, -0.2) is 49.3 Å². The molecule has 1 atom stereocenters. The van der Waals surface area contributed by atoms with E-state index in [1.165, 1.54) is 6.20 Å². The Bertz CT molecular complexity index is 487. The van der Waals surface area contributed by atoms with E-state index in [1.54, 1.807) is 22.6 Å². The summed E-state index contributed by atoms with van der Waals surface area (Å²) in [5.74, 6) is 0. The van der Waals surface area contributed by atoms with E-state index in [9.17, 15) is 8.42 Å². The van der Waals surface area contributed by atoms with Crippen LogP contribution in [0.5, 0.6) is 0 Å². The largest absolute Gasteiger partial charge is 0.315 e. The molecule has 1 aromatic rings. The second-order valence-electron chi connectivity index (χ2n) is 4.53. The Balaban J connectivity index is 2.50. The van der Waals surface area contributed by atoms with Crippen LogP contribution in [-0.2, 0) is 16.6 Å². The lowest BCUT2D eigenvalue weighted by molar-refractivity contribution is 0.562. The van der Waals surface area contributed by atoms with E-state index in [4.69, 9.17) is 0 Å². The molecule has 0 saturated heterocycles. The van der Waals surface area contributed by atoms with Crippen molar-refractivity contribution < 1.29 is 8.42 Å². The Hall–Kier alpha value is -0.570. The van der Waals surface area contributed by atoms with E-state index in [-0.39, 0.29) is 4.90 Å². The van der Waals surface area contributed by atoms with E-state index in [1.807, 2.05) is 13.2 Å². The van der Waals surface area contributed by atoms with Gasteiger partial charge in [-0.15, -0.1) is 0 Å². The molecule has 0 radical (unpaired) electrons. The maximum atomic E-state index is 12.1. The van der Waals surface area contributed by atoms with E-state index in [0.29, 0.717) is 18.3 Å². The molecule has 0 aliphatic rings. The Morgan fingerprint density at radius 1 is 1.45 bits per heavy atom. The van der Waals surface area contributed by atoms with Crippen LogP contribution in [0.3, 0.4) is 0 Å². The number of hydrogen-bond donors (Lipinski definition) is 2. The van der Waals surface area contributed by atoms with Crippen molar-refractivity contribution in [2.45, 2.75) is 37.0 Å². The van der Waals surface area contributed by atoms with Crippen LogP contribution in [0.2, 0.25) is 0 Å². The lowest BCUT2D eigenvalue weighted by atomic mass is 10.3. The van der Waals surface area contributed by atoms with Crippen molar-refractivity contribution in [2.75, 3.05) is 25.9 Å². The third-order valence-corrected chi connectivity index (χ3v) is 5.39. The number of nitrogens with one attached hydrogen (secondary N) is 2. The molecule has 1 rings (SSSR count). The number of aromatic nitrogens is 2. The van der Waals surface area contributed by atoms with Crippen LogP contribution in [0.1, 0.15) is 20.3 Å². The van der Waals surface area contributed by atoms with Crippen molar-refractivity contribution in [2.24, 2.45) is 0 Å². The first-order chi connectivity index (χ1) is 9.49. The zero-order chi connectivity index (χ0) is 15.0. The highest BCUT2D eigenvalue weighted by Crippen LogP contribution is 2.10. The zero-order valence-corrected chi connectivity index (χ0v) is 13.9. The van der Waals surface area contributed by atoms with Crippen LogP contribution in [0, 0.1) is 0 Å². The minimum absolute atomic E-state index is 0.228. The second kappa shape index (κ2) is 8.66. The highest BCUT2D eigenvalue weighted by molar-refractivity contribution is 7.99. The number of likely N-dealkylation sites (N-methyl/N-ethyl adjacent to an activating group) is 1. The van der Waals surface area contributed by atoms with Crippen LogP contribution >= 0.6 is 11.8 Å². The Kier molecular flexibility index (Phi) is 7.57. The summed E-state index contributed by atoms with van der Waals surface area (Å²) in [5.41, 5.74) is 0. The van der Waals surface area contributed by atoms with Gasteiger partial charge in [0.15, 0.2) is 0 Å². The minimum atomic E-state index is -3.44. The first-order valence-corrected chi connectivity index (χ1v) is 9.52. The summed E-state index contributed by atoms with van der Waals surface area (Å²) in [6.45, 7) is 6.88. The second-order valence-corrected chi connectivity index (χ2v) is 7.57. The molecule has 1 heterocycles. The normalized spacial score (nSPS) is 13.6. The molecular formula is C12H24N4O2S2. The quantitative estimate of drug-likeness (QED) is 0.627. The van der Waals surface area contributed by atoms with Crippen molar-refractivity contribution in [1.29, 1.82) is 0 Å². The monoisotopic (exact) mass is 320 g/mol. The first-order valence-electron chi connectivity index (χ1n) is 6.75. The molecule has 2 N–H and O–H groups in total. The maximum Gasteiger partial charge on any atom is 0.243 e. The lowest BCUT2D eigenvalue weighted by Gasteiger charge is -2.08. The summed E-state index contributed by atoms with van der Waals surface area (Å²) < 4.78 is 28.4. The lowest BCUT2D eigenvalue weighted by Crippen LogP contribution is -2.26. The van der Waals surface area contributed by atoms with Crippen molar-refractivity contribution >= 4 is 21.8 Å². The molecule has 0 aliphatic carbocycles. The van der Waals surface area contributed by atoms with Gasteiger partial charge in [0.25, 0.3) is 0 Å². The highest BCUT2D eigenvalue weighted by atomic mass is 32.2. The Morgan fingerprint density at radius 3 is 2.85 bits per heavy atom. The SMILES string of the molecule is CCNCCn1cc(S(=O)(=O)NCCC(C)SC)cn1. The van der Waals surface area contributed by atoms with Crippen molar-refractivity contribution in [1.82, 2.24) is 19.8 Å². The molecule has 116 valence electrons. The molecular weight excluding hydrogens is 296 g/mol. The molecule has 0 fully saturated rings. The average molecular weight is 320 g/mol. The summed E-state index contributed by atoms with van der Waals surface area (Å²) in [6.07, 6.45) is 5.80. The Morgan fingerprint density at radius 2 is 2.20 bits per heavy atom. The van der Waals surface area contributed by atoms with Crippen molar-refractivity contribution in [3.8, 4) is 0 Å². The number of nitrogens with zero attached hydrogens (tertiary/aromatic N) is 2. The van der Waals surface area contributed by atoms with Gasteiger partial charge in [0.05, 0.1) is 12.7 Å². The van der Waals surface area contributed by atoms with Crippen molar-refractivity contribution in [3.05, 3.63) is 12.4 Å². The molecule has 0 aliphatic heterocycles. The molecule has 0 saturated carbocycles. The molecule has 20 heavy (non-hydrogen) atoms. The summed E-state index contributed by atoms with van der Waals surface area (Å²) >= 11 is 1.73. The van der Waals surface area contributed by atoms with Crippen molar-refractivity contribution in [3.63, 3.8) is 0 Å². The molecule has 0 aromatic carbocycles. The smallest absolute Gasteiger partial charge is 0.243 e. The average Bonchev–Trinajstić information content (AvgIpc) is 2.88. The summed E-state index contributed by atoms with van der Waals surface area (Å²) in [4.78, 5) is 0.228. The molecule has 0 amide bonds. The molecule has 1 aromatic heterocycles. The number of sulfonamides is 1. The van der Waals surface area contributed by atoms with Gasteiger partial charge in [0.1, 0.15) is 4.90 Å². The van der Waals surface area contributed by atoms with E-state index < -0.39 is 10.0 Å². The molecule has 6 nitrogen and oxygen atoms in total. The molecule has 0 bridgehead atoms. The van der Waals surface area contributed by atoms with Gasteiger partial charge in [-0.2, -0.15) is 16.9 Å². The first kappa shape index (κ1) is 17.5. The van der Waals surface area contributed by atoms with Crippen LogP contribution in [0.15, 0.2) is 17.3 Å². The third kappa shape index (κ3) is 5.82. The number of rotatable bonds is 10. The van der Waals surface area contributed by atoms with Gasteiger partial charge in [-0.1, -0.05) is 13.8 Å². The van der Waals surface area contributed by atoms with Gasteiger partial charge in [-0.05, 0) is 19.2 Å². The van der Waals surface area contributed by atoms with Gasteiger partial charge in [0, 0.05) is 24.5 Å². The van der Waals surface area contributed by atoms with Crippen LogP contribution < -0.4 is 10.0 Å². The molecule has 8 heteroatoms. The van der Waals surface area contributed by atoms with Gasteiger partial charge < -0.3 is 5.32 Å². The van der Waals surface area contributed by atoms with Gasteiger partial charge >= 0.3 is 0 Å². The topological polar surface area (TPSA) is 76.0 Å². The van der Waals surface area contributed by atoms with Crippen LogP contribution in [0.25, 0.3) is 0 Å². The number of hydrogen-bond acceptors (Lipinski definition) is 5. The highest BCUT2D eigenvalue weighted by Gasteiger charge is 2.16. The van der Waals surface area contributed by atoms with Gasteiger partial charge in [0.2, 0.25) is 10.0 Å². The standard InChI is InChI=1S/C12H24N4O2S2/c1-4-13-7-8-16-10-12(9-14-16)20(17,18)15-6-5-11(2)19-3/h9-11,13,15H,4-8H2,1-3H3. The summed E-state index contributed by atoms with van der Waals surface area (Å²) in [7, 11) is -3.44. The Labute approximate surface area is 125 Å². The fourth-order valence-electron chi connectivity index (χ4n) is 1.57. The molecule has 0 spiro atoms. The van der Waals surface area contributed by atoms with E-state index in [0.717, 1.165) is 19.5 Å². The minimum Gasteiger partial charge on any atom is -0.315 e. The maximum absolute atomic E-state index is 12.1. The fraction of sp³-hybridized carbons (Fsp3) is 0.750. The van der Waals surface area contributed by atoms with Crippen LogP contribution in [0.4, 0.5) is 0 Å². The molecule has 1 unspecified atom stereocenters. The summed E-state index contributed by atoms with van der Waals surface area (Å²) in [5, 5.41) is 7.68. The fourth-order valence-corrected chi connectivity index (χ4v) is 2.93. The van der Waals surface area contributed by atoms with Gasteiger partial charge in [-0.3, -0.25) is 4.68 Å². The number of thioether (sulfide) groups is 1. The zero-order valence-electron chi connectivity index (χ0n) is 12.3. The summed E-state index contributed by atoms with van der Waals surface area (Å²) in [6, 6.07) is 0. The third-order valence-electron chi connectivity index (χ3n) is 2.93.